The van der Waals surface area contributed by atoms with Crippen LogP contribution in [-0.4, -0.2) is 38.4 Å². The van der Waals surface area contributed by atoms with Crippen molar-refractivity contribution in [3.8, 4) is 0 Å². The molecule has 28 heavy (non-hydrogen) atoms. The average molecular weight is 375 g/mol. The molecule has 1 aromatic carbocycles. The molecule has 1 unspecified atom stereocenters. The van der Waals surface area contributed by atoms with Crippen LogP contribution in [0.4, 0.5) is 5.95 Å². The van der Waals surface area contributed by atoms with Crippen LogP contribution in [0.3, 0.4) is 0 Å². The Hall–Kier alpha value is -2.89. The van der Waals surface area contributed by atoms with Crippen LogP contribution in [0.25, 0.3) is 10.9 Å². The molecule has 0 saturated carbocycles. The number of amides is 1. The van der Waals surface area contributed by atoms with E-state index >= 15 is 0 Å². The zero-order valence-electron chi connectivity index (χ0n) is 16.2. The number of aryl methyl sites for hydroxylation is 2. The summed E-state index contributed by atoms with van der Waals surface area (Å²) in [6.45, 7) is 1.56. The second-order valence-corrected chi connectivity index (χ2v) is 8.26. The number of likely N-dealkylation sites (tertiary alicyclic amines) is 1. The number of hydrogen-bond donors (Lipinski definition) is 1. The highest BCUT2D eigenvalue weighted by Gasteiger charge is 2.44. The molecule has 2 aromatic heterocycles. The van der Waals surface area contributed by atoms with Gasteiger partial charge in [-0.1, -0.05) is 18.2 Å². The van der Waals surface area contributed by atoms with Crippen LogP contribution in [0.15, 0.2) is 36.7 Å². The summed E-state index contributed by atoms with van der Waals surface area (Å²) in [4.78, 5) is 24.0. The molecule has 1 spiro atoms. The van der Waals surface area contributed by atoms with Gasteiger partial charge in [-0.3, -0.25) is 4.79 Å². The number of para-hydroxylation sites is 1. The quantitative estimate of drug-likeness (QED) is 0.747. The maximum absolute atomic E-state index is 13.2. The van der Waals surface area contributed by atoms with Crippen molar-refractivity contribution >= 4 is 22.8 Å². The number of carbonyl (C=O) groups excluding carboxylic acids is 1. The van der Waals surface area contributed by atoms with Crippen LogP contribution in [0.1, 0.15) is 36.1 Å². The van der Waals surface area contributed by atoms with E-state index < -0.39 is 0 Å². The molecule has 3 heterocycles. The highest BCUT2D eigenvalue weighted by Crippen LogP contribution is 2.44. The predicted molar refractivity (Wildman–Crippen MR) is 109 cm³/mol. The smallest absolute Gasteiger partial charge is 0.227 e. The van der Waals surface area contributed by atoms with E-state index in [9.17, 15) is 4.79 Å². The molecule has 2 aliphatic rings. The van der Waals surface area contributed by atoms with Gasteiger partial charge < -0.3 is 15.2 Å². The number of benzene rings is 1. The minimum absolute atomic E-state index is 0.0565. The zero-order chi connectivity index (χ0) is 19.3. The summed E-state index contributed by atoms with van der Waals surface area (Å²) in [7, 11) is 2.03. The van der Waals surface area contributed by atoms with Crippen LogP contribution >= 0.6 is 0 Å². The maximum Gasteiger partial charge on any atom is 0.227 e. The molecule has 6 heteroatoms. The van der Waals surface area contributed by atoms with Gasteiger partial charge in [0.1, 0.15) is 0 Å². The topological polar surface area (TPSA) is 77.0 Å². The molecule has 0 bridgehead atoms. The minimum atomic E-state index is -0.0565. The van der Waals surface area contributed by atoms with E-state index in [0.717, 1.165) is 60.9 Å². The normalized spacial score (nSPS) is 21.4. The minimum Gasteiger partial charge on any atom is -0.368 e. The Morgan fingerprint density at radius 3 is 3.04 bits per heavy atom. The SMILES string of the molecule is Cn1cc(CC(=O)N2CCCC3(CCc4cnc(N)nc43)C2)c2ccccc21. The predicted octanol–water partition coefficient (Wildman–Crippen LogP) is 2.60. The number of carbonyl (C=O) groups is 1. The Labute approximate surface area is 164 Å². The first kappa shape index (κ1) is 17.2. The van der Waals surface area contributed by atoms with Crippen molar-refractivity contribution in [3.05, 3.63) is 53.5 Å². The van der Waals surface area contributed by atoms with Crippen LogP contribution in [0.5, 0.6) is 0 Å². The molecule has 1 aliphatic carbocycles. The monoisotopic (exact) mass is 375 g/mol. The van der Waals surface area contributed by atoms with Gasteiger partial charge in [-0.05, 0) is 42.9 Å². The third-order valence-electron chi connectivity index (χ3n) is 6.51. The van der Waals surface area contributed by atoms with E-state index in [0.29, 0.717) is 12.4 Å². The Morgan fingerprint density at radius 2 is 2.14 bits per heavy atom. The van der Waals surface area contributed by atoms with Crippen LogP contribution < -0.4 is 5.73 Å². The fraction of sp³-hybridized carbons (Fsp3) is 0.409. The molecule has 3 aromatic rings. The number of fused-ring (bicyclic) bond motifs is 3. The molecule has 2 N–H and O–H groups in total. The highest BCUT2D eigenvalue weighted by molar-refractivity contribution is 5.89. The number of anilines is 1. The van der Waals surface area contributed by atoms with E-state index in [1.54, 1.807) is 0 Å². The first-order valence-corrected chi connectivity index (χ1v) is 9.98. The summed E-state index contributed by atoms with van der Waals surface area (Å²) in [6.07, 6.45) is 8.46. The van der Waals surface area contributed by atoms with Crippen LogP contribution in [0, 0.1) is 0 Å². The summed E-state index contributed by atoms with van der Waals surface area (Å²) < 4.78 is 2.10. The highest BCUT2D eigenvalue weighted by atomic mass is 16.2. The van der Waals surface area contributed by atoms with E-state index in [4.69, 9.17) is 5.73 Å². The van der Waals surface area contributed by atoms with E-state index in [2.05, 4.69) is 32.9 Å². The first-order valence-electron chi connectivity index (χ1n) is 9.98. The number of rotatable bonds is 2. The molecule has 1 aliphatic heterocycles. The molecule has 5 rings (SSSR count). The Bertz CT molecular complexity index is 1070. The van der Waals surface area contributed by atoms with Crippen molar-refractivity contribution in [1.29, 1.82) is 0 Å². The van der Waals surface area contributed by atoms with Crippen molar-refractivity contribution in [2.75, 3.05) is 18.8 Å². The molecule has 1 fully saturated rings. The number of hydrogen-bond acceptors (Lipinski definition) is 4. The number of nitrogens with zero attached hydrogens (tertiary/aromatic N) is 4. The van der Waals surface area contributed by atoms with Crippen molar-refractivity contribution in [2.45, 2.75) is 37.5 Å². The van der Waals surface area contributed by atoms with Crippen LogP contribution in [-0.2, 0) is 30.1 Å². The number of nitrogens with two attached hydrogens (primary N) is 1. The summed E-state index contributed by atoms with van der Waals surface area (Å²) in [5, 5.41) is 1.16. The standard InChI is InChI=1S/C22H25N5O/c1-26-13-16(17-5-2-3-6-18(17)26)11-19(28)27-10-4-8-22(14-27)9-7-15-12-24-21(23)25-20(15)22/h2-3,5-6,12-13H,4,7-11,14H2,1H3,(H2,23,24,25). The van der Waals surface area contributed by atoms with E-state index in [1.807, 2.05) is 30.3 Å². The van der Waals surface area contributed by atoms with Gasteiger partial charge >= 0.3 is 0 Å². The number of nitrogen functional groups attached to an aromatic ring is 1. The summed E-state index contributed by atoms with van der Waals surface area (Å²) in [6, 6.07) is 8.26. The average Bonchev–Trinajstić information content (AvgIpc) is 3.20. The van der Waals surface area contributed by atoms with Gasteiger partial charge in [0.2, 0.25) is 11.9 Å². The molecule has 144 valence electrons. The Balaban J connectivity index is 1.40. The molecular weight excluding hydrogens is 350 g/mol. The van der Waals surface area contributed by atoms with Crippen molar-refractivity contribution in [1.82, 2.24) is 19.4 Å². The van der Waals surface area contributed by atoms with Gasteiger partial charge in [0.05, 0.1) is 12.1 Å². The molecule has 1 atom stereocenters. The lowest BCUT2D eigenvalue weighted by atomic mass is 9.77. The fourth-order valence-electron chi connectivity index (χ4n) is 5.14. The lowest BCUT2D eigenvalue weighted by molar-refractivity contribution is -0.132. The Morgan fingerprint density at radius 1 is 1.29 bits per heavy atom. The van der Waals surface area contributed by atoms with Crippen molar-refractivity contribution in [2.24, 2.45) is 7.05 Å². The lowest BCUT2D eigenvalue weighted by Crippen LogP contribution is -2.48. The molecule has 1 saturated heterocycles. The fourth-order valence-corrected chi connectivity index (χ4v) is 5.14. The van der Waals surface area contributed by atoms with Gasteiger partial charge in [0.15, 0.2) is 0 Å². The second-order valence-electron chi connectivity index (χ2n) is 8.26. The zero-order valence-corrected chi connectivity index (χ0v) is 16.2. The van der Waals surface area contributed by atoms with Gasteiger partial charge in [-0.25, -0.2) is 9.97 Å². The molecule has 1 amide bonds. The van der Waals surface area contributed by atoms with E-state index in [1.165, 1.54) is 5.56 Å². The third-order valence-corrected chi connectivity index (χ3v) is 6.51. The molecular formula is C22H25N5O. The number of aromatic nitrogens is 3. The summed E-state index contributed by atoms with van der Waals surface area (Å²) in [5.41, 5.74) is 10.3. The van der Waals surface area contributed by atoms with Crippen LogP contribution in [0.2, 0.25) is 0 Å². The number of piperidine rings is 1. The van der Waals surface area contributed by atoms with Crippen molar-refractivity contribution < 1.29 is 4.79 Å². The lowest BCUT2D eigenvalue weighted by Gasteiger charge is -2.40. The third kappa shape index (κ3) is 2.66. The van der Waals surface area contributed by atoms with E-state index in [-0.39, 0.29) is 11.3 Å². The maximum atomic E-state index is 13.2. The van der Waals surface area contributed by atoms with Gasteiger partial charge in [-0.2, -0.15) is 0 Å². The van der Waals surface area contributed by atoms with Gasteiger partial charge in [0.25, 0.3) is 0 Å². The molecule has 6 nitrogen and oxygen atoms in total. The summed E-state index contributed by atoms with van der Waals surface area (Å²) >= 11 is 0. The Kier molecular flexibility index (Phi) is 3.89. The molecule has 0 radical (unpaired) electrons. The van der Waals surface area contributed by atoms with Gasteiger partial charge in [0, 0.05) is 48.8 Å². The van der Waals surface area contributed by atoms with Gasteiger partial charge in [-0.15, -0.1) is 0 Å². The van der Waals surface area contributed by atoms with Crippen molar-refractivity contribution in [3.63, 3.8) is 0 Å². The first-order chi connectivity index (χ1) is 13.6. The largest absolute Gasteiger partial charge is 0.368 e. The second kappa shape index (κ2) is 6.33. The summed E-state index contributed by atoms with van der Waals surface area (Å²) in [5.74, 6) is 0.533.